The molecule has 0 spiro atoms. The van der Waals surface area contributed by atoms with Crippen LogP contribution in [0.2, 0.25) is 0 Å². The SMILES string of the molecule is C=C(C)COc1ccc(CCCO)cc1. The van der Waals surface area contributed by atoms with Crippen molar-refractivity contribution in [1.29, 1.82) is 0 Å². The summed E-state index contributed by atoms with van der Waals surface area (Å²) >= 11 is 0. The molecule has 1 rings (SSSR count). The zero-order valence-corrected chi connectivity index (χ0v) is 9.20. The van der Waals surface area contributed by atoms with Crippen LogP contribution in [0.3, 0.4) is 0 Å². The fraction of sp³-hybridized carbons (Fsp3) is 0.385. The fourth-order valence-electron chi connectivity index (χ4n) is 1.24. The molecule has 1 aromatic rings. The summed E-state index contributed by atoms with van der Waals surface area (Å²) in [7, 11) is 0. The molecule has 0 saturated heterocycles. The average Bonchev–Trinajstić information content (AvgIpc) is 2.25. The van der Waals surface area contributed by atoms with E-state index in [-0.39, 0.29) is 6.61 Å². The summed E-state index contributed by atoms with van der Waals surface area (Å²) in [4.78, 5) is 0. The molecular formula is C13H18O2. The summed E-state index contributed by atoms with van der Waals surface area (Å²) in [6.07, 6.45) is 1.73. The van der Waals surface area contributed by atoms with Crippen molar-refractivity contribution in [3.05, 3.63) is 42.0 Å². The lowest BCUT2D eigenvalue weighted by molar-refractivity contribution is 0.288. The molecule has 0 unspecified atom stereocenters. The van der Waals surface area contributed by atoms with Gasteiger partial charge in [0.05, 0.1) is 0 Å². The van der Waals surface area contributed by atoms with Crippen LogP contribution in [-0.2, 0) is 6.42 Å². The number of aliphatic hydroxyl groups is 1. The Morgan fingerprint density at radius 1 is 1.33 bits per heavy atom. The van der Waals surface area contributed by atoms with Crippen LogP contribution in [0.4, 0.5) is 0 Å². The van der Waals surface area contributed by atoms with E-state index in [2.05, 4.69) is 6.58 Å². The van der Waals surface area contributed by atoms with Gasteiger partial charge in [-0.2, -0.15) is 0 Å². The minimum absolute atomic E-state index is 0.244. The van der Waals surface area contributed by atoms with Gasteiger partial charge in [0, 0.05) is 6.61 Å². The molecule has 0 aromatic heterocycles. The highest BCUT2D eigenvalue weighted by atomic mass is 16.5. The quantitative estimate of drug-likeness (QED) is 0.725. The zero-order chi connectivity index (χ0) is 11.1. The molecule has 0 radical (unpaired) electrons. The molecular weight excluding hydrogens is 188 g/mol. The molecule has 0 atom stereocenters. The van der Waals surface area contributed by atoms with Crippen molar-refractivity contribution in [3.63, 3.8) is 0 Å². The Balaban J connectivity index is 2.45. The van der Waals surface area contributed by atoms with Crippen LogP contribution in [0, 0.1) is 0 Å². The van der Waals surface area contributed by atoms with Crippen LogP contribution in [0.1, 0.15) is 18.9 Å². The number of hydrogen-bond donors (Lipinski definition) is 1. The zero-order valence-electron chi connectivity index (χ0n) is 9.20. The largest absolute Gasteiger partial charge is 0.489 e. The topological polar surface area (TPSA) is 29.5 Å². The Hall–Kier alpha value is -1.28. The van der Waals surface area contributed by atoms with Gasteiger partial charge >= 0.3 is 0 Å². The number of aryl methyl sites for hydroxylation is 1. The lowest BCUT2D eigenvalue weighted by atomic mass is 10.1. The Kier molecular flexibility index (Phi) is 4.91. The first-order valence-corrected chi connectivity index (χ1v) is 5.19. The molecule has 0 aliphatic rings. The Morgan fingerprint density at radius 3 is 2.53 bits per heavy atom. The van der Waals surface area contributed by atoms with Gasteiger partial charge in [0.2, 0.25) is 0 Å². The molecule has 1 aromatic carbocycles. The van der Waals surface area contributed by atoms with Gasteiger partial charge in [0.1, 0.15) is 12.4 Å². The standard InChI is InChI=1S/C13H18O2/c1-11(2)10-15-13-7-5-12(6-8-13)4-3-9-14/h5-8,14H,1,3-4,9-10H2,2H3. The fourth-order valence-corrected chi connectivity index (χ4v) is 1.24. The van der Waals surface area contributed by atoms with E-state index in [0.717, 1.165) is 24.2 Å². The van der Waals surface area contributed by atoms with E-state index in [9.17, 15) is 0 Å². The van der Waals surface area contributed by atoms with E-state index in [1.54, 1.807) is 0 Å². The number of ether oxygens (including phenoxy) is 1. The number of benzene rings is 1. The normalized spacial score (nSPS) is 10.0. The monoisotopic (exact) mass is 206 g/mol. The highest BCUT2D eigenvalue weighted by molar-refractivity contribution is 5.27. The van der Waals surface area contributed by atoms with Crippen LogP contribution >= 0.6 is 0 Å². The third-order valence-corrected chi connectivity index (χ3v) is 2.03. The van der Waals surface area contributed by atoms with E-state index >= 15 is 0 Å². The van der Waals surface area contributed by atoms with Gasteiger partial charge in [-0.3, -0.25) is 0 Å². The minimum Gasteiger partial charge on any atom is -0.489 e. The lowest BCUT2D eigenvalue weighted by Gasteiger charge is -2.06. The molecule has 0 aliphatic heterocycles. The third kappa shape index (κ3) is 4.66. The molecule has 0 fully saturated rings. The predicted molar refractivity (Wildman–Crippen MR) is 62.2 cm³/mol. The van der Waals surface area contributed by atoms with Crippen molar-refractivity contribution in [2.24, 2.45) is 0 Å². The second-order valence-corrected chi connectivity index (χ2v) is 3.72. The molecule has 15 heavy (non-hydrogen) atoms. The summed E-state index contributed by atoms with van der Waals surface area (Å²) < 4.78 is 5.48. The van der Waals surface area contributed by atoms with Crippen molar-refractivity contribution in [1.82, 2.24) is 0 Å². The predicted octanol–water partition coefficient (Wildman–Crippen LogP) is 2.57. The first-order valence-electron chi connectivity index (χ1n) is 5.19. The third-order valence-electron chi connectivity index (χ3n) is 2.03. The van der Waals surface area contributed by atoms with E-state index in [4.69, 9.17) is 9.84 Å². The van der Waals surface area contributed by atoms with Crippen molar-refractivity contribution in [2.75, 3.05) is 13.2 Å². The number of aliphatic hydroxyl groups excluding tert-OH is 1. The molecule has 0 heterocycles. The van der Waals surface area contributed by atoms with E-state index in [1.165, 1.54) is 5.56 Å². The Bertz CT molecular complexity index is 301. The summed E-state index contributed by atoms with van der Waals surface area (Å²) in [5.41, 5.74) is 2.24. The van der Waals surface area contributed by atoms with Crippen LogP contribution in [-0.4, -0.2) is 18.3 Å². The van der Waals surface area contributed by atoms with Gasteiger partial charge in [0.25, 0.3) is 0 Å². The highest BCUT2D eigenvalue weighted by Gasteiger charge is 1.95. The molecule has 2 heteroatoms. The van der Waals surface area contributed by atoms with E-state index < -0.39 is 0 Å². The molecule has 0 aliphatic carbocycles. The number of hydrogen-bond acceptors (Lipinski definition) is 2. The number of rotatable bonds is 6. The lowest BCUT2D eigenvalue weighted by Crippen LogP contribution is -1.97. The van der Waals surface area contributed by atoms with E-state index in [1.807, 2.05) is 31.2 Å². The minimum atomic E-state index is 0.244. The van der Waals surface area contributed by atoms with Crippen molar-refractivity contribution >= 4 is 0 Å². The molecule has 1 N–H and O–H groups in total. The summed E-state index contributed by atoms with van der Waals surface area (Å²) in [5, 5.41) is 8.69. The second kappa shape index (κ2) is 6.25. The maximum absolute atomic E-state index is 8.69. The molecule has 0 amide bonds. The van der Waals surface area contributed by atoms with Crippen molar-refractivity contribution in [2.45, 2.75) is 19.8 Å². The first kappa shape index (κ1) is 11.8. The molecule has 82 valence electrons. The van der Waals surface area contributed by atoms with Gasteiger partial charge < -0.3 is 9.84 Å². The molecule has 2 nitrogen and oxygen atoms in total. The first-order chi connectivity index (χ1) is 7.22. The molecule has 0 bridgehead atoms. The van der Waals surface area contributed by atoms with Crippen LogP contribution in [0.25, 0.3) is 0 Å². The maximum atomic E-state index is 8.69. The van der Waals surface area contributed by atoms with Gasteiger partial charge in [-0.05, 0) is 43.0 Å². The average molecular weight is 206 g/mol. The van der Waals surface area contributed by atoms with Gasteiger partial charge in [0.15, 0.2) is 0 Å². The molecule has 0 saturated carbocycles. The summed E-state index contributed by atoms with van der Waals surface area (Å²) in [6.45, 7) is 6.52. The van der Waals surface area contributed by atoms with Crippen LogP contribution in [0.5, 0.6) is 5.75 Å². The van der Waals surface area contributed by atoms with Gasteiger partial charge in [-0.15, -0.1) is 0 Å². The van der Waals surface area contributed by atoms with Crippen molar-refractivity contribution in [3.8, 4) is 5.75 Å². The smallest absolute Gasteiger partial charge is 0.119 e. The maximum Gasteiger partial charge on any atom is 0.119 e. The summed E-state index contributed by atoms with van der Waals surface area (Å²) in [5.74, 6) is 0.866. The van der Waals surface area contributed by atoms with Gasteiger partial charge in [-0.1, -0.05) is 18.7 Å². The van der Waals surface area contributed by atoms with E-state index in [0.29, 0.717) is 6.61 Å². The van der Waals surface area contributed by atoms with Crippen LogP contribution < -0.4 is 4.74 Å². The second-order valence-electron chi connectivity index (χ2n) is 3.72. The van der Waals surface area contributed by atoms with Crippen molar-refractivity contribution < 1.29 is 9.84 Å². The Morgan fingerprint density at radius 2 is 2.00 bits per heavy atom. The Labute approximate surface area is 91.2 Å². The van der Waals surface area contributed by atoms with Crippen LogP contribution in [0.15, 0.2) is 36.4 Å². The summed E-state index contributed by atoms with van der Waals surface area (Å²) in [6, 6.07) is 7.97. The van der Waals surface area contributed by atoms with Gasteiger partial charge in [-0.25, -0.2) is 0 Å². The highest BCUT2D eigenvalue weighted by Crippen LogP contribution is 2.13.